The first-order valence-electron chi connectivity index (χ1n) is 10.2. The number of aromatic nitrogens is 1. The molecule has 0 radical (unpaired) electrons. The highest BCUT2D eigenvalue weighted by molar-refractivity contribution is 6.50. The molecule has 0 saturated heterocycles. The molecule has 2 amide bonds. The van der Waals surface area contributed by atoms with Gasteiger partial charge in [-0.25, -0.2) is 0 Å². The number of fused-ring (bicyclic) bond motifs is 1. The van der Waals surface area contributed by atoms with Crippen LogP contribution in [0.25, 0.3) is 22.0 Å². The van der Waals surface area contributed by atoms with Crippen LogP contribution in [0.15, 0.2) is 48.7 Å². The van der Waals surface area contributed by atoms with Crippen molar-refractivity contribution in [2.75, 3.05) is 18.5 Å². The Morgan fingerprint density at radius 1 is 1.16 bits per heavy atom. The largest absolute Gasteiger partial charge is 0.396 e. The summed E-state index contributed by atoms with van der Waals surface area (Å²) in [5, 5.41) is 16.3. The summed E-state index contributed by atoms with van der Waals surface area (Å²) in [7, 11) is 1.87. The smallest absolute Gasteiger partial charge is 0.259 e. The van der Waals surface area contributed by atoms with Gasteiger partial charge in [0.15, 0.2) is 0 Å². The Hall–Kier alpha value is -3.42. The fourth-order valence-electron chi connectivity index (χ4n) is 3.96. The zero-order valence-electron chi connectivity index (χ0n) is 17.4. The predicted molar refractivity (Wildman–Crippen MR) is 124 cm³/mol. The maximum atomic E-state index is 12.8. The molecule has 3 N–H and O–H groups in total. The molecule has 1 atom stereocenters. The van der Waals surface area contributed by atoms with Crippen LogP contribution < -0.4 is 10.6 Å². The average Bonchev–Trinajstić information content (AvgIpc) is 3.25. The maximum absolute atomic E-state index is 12.8. The van der Waals surface area contributed by atoms with Gasteiger partial charge >= 0.3 is 0 Å². The van der Waals surface area contributed by atoms with E-state index in [-0.39, 0.29) is 24.5 Å². The second kappa shape index (κ2) is 8.98. The van der Waals surface area contributed by atoms with Crippen LogP contribution in [0.3, 0.4) is 0 Å². The Morgan fingerprint density at radius 3 is 2.69 bits per heavy atom. The lowest BCUT2D eigenvalue weighted by Crippen LogP contribution is -2.22. The number of halogens is 1. The van der Waals surface area contributed by atoms with Gasteiger partial charge in [-0.15, -0.1) is 0 Å². The van der Waals surface area contributed by atoms with Crippen molar-refractivity contribution >= 4 is 57.4 Å². The van der Waals surface area contributed by atoms with Crippen LogP contribution in [0.1, 0.15) is 17.5 Å². The molecule has 4 rings (SSSR count). The summed E-state index contributed by atoms with van der Waals surface area (Å²) >= 11 is 6.20. The minimum atomic E-state index is -0.463. The van der Waals surface area contributed by atoms with E-state index in [0.717, 1.165) is 17.2 Å². The third kappa shape index (κ3) is 4.04. The molecule has 0 spiro atoms. The quantitative estimate of drug-likeness (QED) is 0.361. The van der Waals surface area contributed by atoms with Crippen LogP contribution in [0.5, 0.6) is 0 Å². The number of rotatable bonds is 8. The first-order valence-corrected chi connectivity index (χ1v) is 10.5. The molecule has 0 fully saturated rings. The molecule has 2 aromatic carbocycles. The van der Waals surface area contributed by atoms with E-state index in [2.05, 4.69) is 10.6 Å². The molecule has 0 bridgehead atoms. The Morgan fingerprint density at radius 2 is 1.94 bits per heavy atom. The summed E-state index contributed by atoms with van der Waals surface area (Å²) in [6, 6.07) is 12.6. The van der Waals surface area contributed by atoms with Gasteiger partial charge in [0.1, 0.15) is 6.29 Å². The number of nitrogens with one attached hydrogen (secondary N) is 2. The summed E-state index contributed by atoms with van der Waals surface area (Å²) in [5.41, 5.74) is 3.42. The zero-order valence-corrected chi connectivity index (χ0v) is 18.1. The fraction of sp³-hybridized carbons (Fsp3) is 0.208. The molecule has 32 heavy (non-hydrogen) atoms. The molecular formula is C24H22ClN3O4. The highest BCUT2D eigenvalue weighted by atomic mass is 35.5. The third-order valence-electron chi connectivity index (χ3n) is 5.59. The number of imide groups is 1. The average molecular weight is 452 g/mol. The molecule has 1 aliphatic rings. The van der Waals surface area contributed by atoms with Gasteiger partial charge in [-0.2, -0.15) is 0 Å². The second-order valence-electron chi connectivity index (χ2n) is 7.76. The van der Waals surface area contributed by atoms with E-state index in [9.17, 15) is 19.5 Å². The maximum Gasteiger partial charge on any atom is 0.259 e. The van der Waals surface area contributed by atoms with Gasteiger partial charge in [0.05, 0.1) is 11.1 Å². The lowest BCUT2D eigenvalue weighted by atomic mass is 9.95. The number of aliphatic hydroxyl groups excluding tert-OH is 1. The van der Waals surface area contributed by atoms with Gasteiger partial charge in [0.25, 0.3) is 11.8 Å². The standard InChI is InChI=1S/C24H22ClN3O4/c1-28-12-19(18-10-16(25)5-6-20(18)28)22-21(23(31)27-24(22)32)15-3-2-4-17(9-15)26-11-14(13-30)7-8-29/h2-6,8-10,12,14,26,30H,7,11,13H2,1H3,(H,27,31,32). The third-order valence-corrected chi connectivity index (χ3v) is 5.82. The molecule has 8 heteroatoms. The number of aldehydes is 1. The lowest BCUT2D eigenvalue weighted by Gasteiger charge is -2.14. The van der Waals surface area contributed by atoms with Gasteiger partial charge in [0.2, 0.25) is 0 Å². The van der Waals surface area contributed by atoms with Crippen LogP contribution in [-0.4, -0.2) is 40.9 Å². The highest BCUT2D eigenvalue weighted by Gasteiger charge is 2.33. The van der Waals surface area contributed by atoms with Crippen molar-refractivity contribution < 1.29 is 19.5 Å². The van der Waals surface area contributed by atoms with E-state index in [1.807, 2.05) is 29.9 Å². The van der Waals surface area contributed by atoms with E-state index in [1.165, 1.54) is 0 Å². The van der Waals surface area contributed by atoms with E-state index in [1.54, 1.807) is 30.3 Å². The van der Waals surface area contributed by atoms with Crippen molar-refractivity contribution in [1.29, 1.82) is 0 Å². The van der Waals surface area contributed by atoms with Crippen LogP contribution in [0.4, 0.5) is 5.69 Å². The number of benzene rings is 2. The first kappa shape index (κ1) is 21.8. The lowest BCUT2D eigenvalue weighted by molar-refractivity contribution is -0.122. The Bertz CT molecular complexity index is 1260. The zero-order chi connectivity index (χ0) is 22.8. The van der Waals surface area contributed by atoms with Crippen LogP contribution in [-0.2, 0) is 21.4 Å². The Balaban J connectivity index is 1.78. The van der Waals surface area contributed by atoms with Crippen molar-refractivity contribution in [3.63, 3.8) is 0 Å². The molecular weight excluding hydrogens is 430 g/mol. The van der Waals surface area contributed by atoms with Crippen molar-refractivity contribution in [3.8, 4) is 0 Å². The van der Waals surface area contributed by atoms with Crippen LogP contribution in [0, 0.1) is 5.92 Å². The number of anilines is 1. The molecule has 0 aliphatic carbocycles. The predicted octanol–water partition coefficient (Wildman–Crippen LogP) is 3.01. The van der Waals surface area contributed by atoms with E-state index < -0.39 is 11.8 Å². The number of aliphatic hydroxyl groups is 1. The van der Waals surface area contributed by atoms with Crippen molar-refractivity contribution in [1.82, 2.24) is 9.88 Å². The highest BCUT2D eigenvalue weighted by Crippen LogP contribution is 2.37. The van der Waals surface area contributed by atoms with E-state index in [0.29, 0.717) is 34.0 Å². The van der Waals surface area contributed by atoms with Crippen LogP contribution in [0.2, 0.25) is 5.02 Å². The summed E-state index contributed by atoms with van der Waals surface area (Å²) < 4.78 is 1.89. The van der Waals surface area contributed by atoms with Crippen molar-refractivity contribution in [3.05, 3.63) is 64.8 Å². The summed E-state index contributed by atoms with van der Waals surface area (Å²) in [5.74, 6) is -1.12. The van der Waals surface area contributed by atoms with Gasteiger partial charge < -0.3 is 19.8 Å². The summed E-state index contributed by atoms with van der Waals surface area (Å²) in [6.45, 7) is 0.291. The Kier molecular flexibility index (Phi) is 6.12. The topological polar surface area (TPSA) is 100 Å². The van der Waals surface area contributed by atoms with Crippen LogP contribution >= 0.6 is 11.6 Å². The minimum Gasteiger partial charge on any atom is -0.396 e. The minimum absolute atomic E-state index is 0.110. The molecule has 1 unspecified atom stereocenters. The molecule has 3 aromatic rings. The van der Waals surface area contributed by atoms with Crippen molar-refractivity contribution in [2.24, 2.45) is 13.0 Å². The van der Waals surface area contributed by atoms with Gasteiger partial charge in [-0.1, -0.05) is 23.7 Å². The Labute approximate surface area is 189 Å². The number of carbonyl (C=O) groups excluding carboxylic acids is 3. The summed E-state index contributed by atoms with van der Waals surface area (Å²) in [4.78, 5) is 36.3. The molecule has 1 aliphatic heterocycles. The van der Waals surface area contributed by atoms with Gasteiger partial charge in [-0.05, 0) is 35.9 Å². The second-order valence-corrected chi connectivity index (χ2v) is 8.20. The molecule has 7 nitrogen and oxygen atoms in total. The number of nitrogens with zero attached hydrogens (tertiary/aromatic N) is 1. The molecule has 0 saturated carbocycles. The normalized spacial score (nSPS) is 14.7. The number of amides is 2. The number of carbonyl (C=O) groups is 3. The molecule has 164 valence electrons. The van der Waals surface area contributed by atoms with E-state index >= 15 is 0 Å². The number of hydrogen-bond donors (Lipinski definition) is 3. The SMILES string of the molecule is Cn1cc(C2=C(c3cccc(NCC(CO)CC=O)c3)C(=O)NC2=O)c2cc(Cl)ccc21. The fourth-order valence-corrected chi connectivity index (χ4v) is 4.13. The van der Waals surface area contributed by atoms with Crippen molar-refractivity contribution in [2.45, 2.75) is 6.42 Å². The molecule has 2 heterocycles. The van der Waals surface area contributed by atoms with E-state index in [4.69, 9.17) is 11.6 Å². The van der Waals surface area contributed by atoms with Gasteiger partial charge in [-0.3, -0.25) is 14.9 Å². The number of hydrogen-bond acceptors (Lipinski definition) is 5. The monoisotopic (exact) mass is 451 g/mol. The summed E-state index contributed by atoms with van der Waals surface area (Å²) in [6.07, 6.45) is 2.85. The molecule has 1 aromatic heterocycles. The number of aryl methyl sites for hydroxylation is 1. The first-order chi connectivity index (χ1) is 15.4. The van der Waals surface area contributed by atoms with Gasteiger partial charge in [0, 0.05) is 65.9 Å².